The van der Waals surface area contributed by atoms with Crippen LogP contribution in [0.5, 0.6) is 0 Å². The van der Waals surface area contributed by atoms with Crippen LogP contribution in [0.15, 0.2) is 18.2 Å². The van der Waals surface area contributed by atoms with Gasteiger partial charge in [-0.05, 0) is 36.8 Å². The van der Waals surface area contributed by atoms with E-state index in [-0.39, 0.29) is 0 Å². The third-order valence-electron chi connectivity index (χ3n) is 3.47. The molecule has 0 saturated heterocycles. The Morgan fingerprint density at radius 1 is 0.950 bits per heavy atom. The Bertz CT molecular complexity index is 402. The summed E-state index contributed by atoms with van der Waals surface area (Å²) in [5, 5.41) is 10.6. The van der Waals surface area contributed by atoms with Crippen molar-refractivity contribution in [3.05, 3.63) is 34.9 Å². The van der Waals surface area contributed by atoms with Crippen LogP contribution in [0.4, 0.5) is 0 Å². The van der Waals surface area contributed by atoms with Gasteiger partial charge in [0.15, 0.2) is 0 Å². The van der Waals surface area contributed by atoms with Crippen molar-refractivity contribution in [2.75, 3.05) is 19.6 Å². The molecule has 0 amide bonds. The first kappa shape index (κ1) is 17.2. The number of nitrogens with zero attached hydrogens (tertiary/aromatic N) is 1. The van der Waals surface area contributed by atoms with Crippen LogP contribution in [0.3, 0.4) is 0 Å². The topological polar surface area (TPSA) is 23.5 Å². The van der Waals surface area contributed by atoms with Crippen molar-refractivity contribution in [3.63, 3.8) is 0 Å². The molecule has 2 nitrogen and oxygen atoms in total. The van der Waals surface area contributed by atoms with E-state index < -0.39 is 6.10 Å². The van der Waals surface area contributed by atoms with Crippen LogP contribution in [0.1, 0.15) is 50.5 Å². The van der Waals surface area contributed by atoms with E-state index in [0.29, 0.717) is 11.8 Å². The number of rotatable bonds is 7. The van der Waals surface area contributed by atoms with Gasteiger partial charge in [0, 0.05) is 19.6 Å². The Kier molecular flexibility index (Phi) is 6.70. The van der Waals surface area contributed by atoms with Gasteiger partial charge in [-0.2, -0.15) is 0 Å². The Labute approximate surface area is 124 Å². The van der Waals surface area contributed by atoms with Crippen LogP contribution < -0.4 is 0 Å². The van der Waals surface area contributed by atoms with Crippen LogP contribution in [-0.4, -0.2) is 29.6 Å². The zero-order valence-electron chi connectivity index (χ0n) is 14.0. The Hall–Kier alpha value is -0.860. The quantitative estimate of drug-likeness (QED) is 0.815. The van der Waals surface area contributed by atoms with E-state index in [1.54, 1.807) is 0 Å². The van der Waals surface area contributed by atoms with Crippen molar-refractivity contribution in [1.82, 2.24) is 4.90 Å². The average molecular weight is 277 g/mol. The Morgan fingerprint density at radius 3 is 2.00 bits per heavy atom. The second kappa shape index (κ2) is 7.80. The van der Waals surface area contributed by atoms with E-state index in [0.717, 1.165) is 25.2 Å². The molecular formula is C18H31NO. The molecule has 0 aliphatic heterocycles. The van der Waals surface area contributed by atoms with E-state index >= 15 is 0 Å². The summed E-state index contributed by atoms with van der Waals surface area (Å²) in [4.78, 5) is 2.39. The maximum Gasteiger partial charge on any atom is 0.0919 e. The molecule has 114 valence electrons. The van der Waals surface area contributed by atoms with Crippen molar-refractivity contribution in [3.8, 4) is 0 Å². The van der Waals surface area contributed by atoms with Gasteiger partial charge in [0.25, 0.3) is 0 Å². The Balaban J connectivity index is 2.78. The minimum absolute atomic E-state index is 0.396. The molecule has 0 saturated carbocycles. The highest BCUT2D eigenvalue weighted by molar-refractivity contribution is 5.32. The maximum absolute atomic E-state index is 10.6. The van der Waals surface area contributed by atoms with Crippen LogP contribution in [0, 0.1) is 25.7 Å². The van der Waals surface area contributed by atoms with Crippen molar-refractivity contribution in [2.24, 2.45) is 11.8 Å². The van der Waals surface area contributed by atoms with Crippen molar-refractivity contribution in [2.45, 2.75) is 47.6 Å². The van der Waals surface area contributed by atoms with E-state index in [9.17, 15) is 5.11 Å². The van der Waals surface area contributed by atoms with Crippen LogP contribution in [0.2, 0.25) is 0 Å². The Morgan fingerprint density at radius 2 is 1.50 bits per heavy atom. The minimum Gasteiger partial charge on any atom is -0.387 e. The normalized spacial score (nSPS) is 13.5. The number of aliphatic hydroxyl groups excluding tert-OH is 1. The fourth-order valence-corrected chi connectivity index (χ4v) is 2.72. The van der Waals surface area contributed by atoms with Crippen molar-refractivity contribution in [1.29, 1.82) is 0 Å². The summed E-state index contributed by atoms with van der Waals surface area (Å²) in [7, 11) is 0. The molecule has 0 spiro atoms. The third-order valence-corrected chi connectivity index (χ3v) is 3.47. The van der Waals surface area contributed by atoms with Gasteiger partial charge in [0.1, 0.15) is 0 Å². The molecule has 1 N–H and O–H groups in total. The van der Waals surface area contributed by atoms with E-state index in [1.807, 2.05) is 0 Å². The number of hydrogen-bond acceptors (Lipinski definition) is 2. The lowest BCUT2D eigenvalue weighted by atomic mass is 10.00. The lowest BCUT2D eigenvalue weighted by Crippen LogP contribution is -2.35. The molecule has 0 aromatic heterocycles. The fourth-order valence-electron chi connectivity index (χ4n) is 2.72. The summed E-state index contributed by atoms with van der Waals surface area (Å²) in [5.41, 5.74) is 3.46. The average Bonchev–Trinajstić information content (AvgIpc) is 2.30. The largest absolute Gasteiger partial charge is 0.387 e. The van der Waals surface area contributed by atoms with Gasteiger partial charge in [-0.3, -0.25) is 4.90 Å². The molecule has 1 atom stereocenters. The first-order valence-electron chi connectivity index (χ1n) is 7.77. The molecule has 1 rings (SSSR count). The zero-order chi connectivity index (χ0) is 15.3. The highest BCUT2D eigenvalue weighted by Gasteiger charge is 2.17. The van der Waals surface area contributed by atoms with Gasteiger partial charge in [0.2, 0.25) is 0 Å². The zero-order valence-corrected chi connectivity index (χ0v) is 14.0. The first-order chi connectivity index (χ1) is 9.29. The predicted octanol–water partition coefficient (Wildman–Crippen LogP) is 3.95. The molecule has 1 aromatic rings. The number of benzene rings is 1. The molecule has 0 heterocycles. The number of hydrogen-bond donors (Lipinski definition) is 1. The molecule has 0 bridgehead atoms. The molecule has 20 heavy (non-hydrogen) atoms. The lowest BCUT2D eigenvalue weighted by Gasteiger charge is -2.29. The summed E-state index contributed by atoms with van der Waals surface area (Å²) in [6.07, 6.45) is -0.396. The van der Waals surface area contributed by atoms with Crippen molar-refractivity contribution < 1.29 is 5.11 Å². The predicted molar refractivity (Wildman–Crippen MR) is 87.0 cm³/mol. The van der Waals surface area contributed by atoms with Crippen molar-refractivity contribution >= 4 is 0 Å². The summed E-state index contributed by atoms with van der Waals surface area (Å²) in [5.74, 6) is 1.25. The van der Waals surface area contributed by atoms with Crippen LogP contribution in [-0.2, 0) is 0 Å². The molecule has 1 aromatic carbocycles. The summed E-state index contributed by atoms with van der Waals surface area (Å²) < 4.78 is 0. The van der Waals surface area contributed by atoms with E-state index in [4.69, 9.17) is 0 Å². The minimum atomic E-state index is -0.396. The molecule has 0 fully saturated rings. The molecule has 2 heteroatoms. The van der Waals surface area contributed by atoms with Gasteiger partial charge in [-0.25, -0.2) is 0 Å². The van der Waals surface area contributed by atoms with Crippen LogP contribution >= 0.6 is 0 Å². The molecule has 0 aliphatic carbocycles. The number of aryl methyl sites for hydroxylation is 2. The van der Waals surface area contributed by atoms with E-state index in [2.05, 4.69) is 64.6 Å². The van der Waals surface area contributed by atoms with Gasteiger partial charge in [-0.15, -0.1) is 0 Å². The first-order valence-corrected chi connectivity index (χ1v) is 7.77. The van der Waals surface area contributed by atoms with Gasteiger partial charge < -0.3 is 5.11 Å². The van der Waals surface area contributed by atoms with Gasteiger partial charge in [-0.1, -0.05) is 51.5 Å². The maximum atomic E-state index is 10.6. The van der Waals surface area contributed by atoms with Gasteiger partial charge >= 0.3 is 0 Å². The summed E-state index contributed by atoms with van der Waals surface area (Å²) >= 11 is 0. The number of aliphatic hydroxyl groups is 1. The highest BCUT2D eigenvalue weighted by Crippen LogP contribution is 2.21. The molecule has 0 radical (unpaired) electrons. The van der Waals surface area contributed by atoms with Gasteiger partial charge in [0.05, 0.1) is 6.10 Å². The fraction of sp³-hybridized carbons (Fsp3) is 0.667. The third kappa shape index (κ3) is 5.64. The molecule has 0 aliphatic rings. The molecule has 1 unspecified atom stereocenters. The lowest BCUT2D eigenvalue weighted by molar-refractivity contribution is 0.0982. The van der Waals surface area contributed by atoms with E-state index in [1.165, 1.54) is 11.1 Å². The smallest absolute Gasteiger partial charge is 0.0919 e. The highest BCUT2D eigenvalue weighted by atomic mass is 16.3. The monoisotopic (exact) mass is 277 g/mol. The summed E-state index contributed by atoms with van der Waals surface area (Å²) in [6, 6.07) is 6.32. The standard InChI is InChI=1S/C18H31NO/c1-13(2)10-19(11-14(3)4)12-18(20)17-9-15(5)7-8-16(17)6/h7-9,13-14,18,20H,10-12H2,1-6H3. The van der Waals surface area contributed by atoms with Crippen LogP contribution in [0.25, 0.3) is 0 Å². The second-order valence-corrected chi connectivity index (χ2v) is 6.88. The SMILES string of the molecule is Cc1ccc(C)c(C(O)CN(CC(C)C)CC(C)C)c1. The second-order valence-electron chi connectivity index (χ2n) is 6.88. The molecular weight excluding hydrogens is 246 g/mol. The summed E-state index contributed by atoms with van der Waals surface area (Å²) in [6.45, 7) is 15.9.